The first kappa shape index (κ1) is 11.7. The van der Waals surface area contributed by atoms with E-state index in [2.05, 4.69) is 4.98 Å². The van der Waals surface area contributed by atoms with Crippen LogP contribution in [-0.4, -0.2) is 35.4 Å². The summed E-state index contributed by atoms with van der Waals surface area (Å²) in [6.45, 7) is 2.60. The predicted octanol–water partition coefficient (Wildman–Crippen LogP) is 0.891. The monoisotopic (exact) mass is 207 g/mol. The molecular formula is C11H17N3O. The van der Waals surface area contributed by atoms with Gasteiger partial charge in [0.15, 0.2) is 0 Å². The highest BCUT2D eigenvalue weighted by atomic mass is 16.2. The van der Waals surface area contributed by atoms with Crippen LogP contribution in [0.3, 0.4) is 0 Å². The normalized spacial score (nSPS) is 12.2. The average Bonchev–Trinajstić information content (AvgIpc) is 2.26. The highest BCUT2D eigenvalue weighted by molar-refractivity contribution is 5.93. The molecule has 0 fully saturated rings. The number of carbonyl (C=O) groups excluding carboxylic acids is 1. The van der Waals surface area contributed by atoms with Crippen LogP contribution in [-0.2, 0) is 0 Å². The molecule has 0 saturated heterocycles. The minimum Gasteiger partial charge on any atom is -0.342 e. The van der Waals surface area contributed by atoms with E-state index in [0.29, 0.717) is 12.1 Å². The third-order valence-corrected chi connectivity index (χ3v) is 2.18. The molecule has 82 valence electrons. The van der Waals surface area contributed by atoms with E-state index in [-0.39, 0.29) is 11.9 Å². The maximum Gasteiger partial charge on any atom is 0.255 e. The zero-order valence-electron chi connectivity index (χ0n) is 9.18. The Hall–Kier alpha value is -1.42. The summed E-state index contributed by atoms with van der Waals surface area (Å²) in [5, 5.41) is 0. The van der Waals surface area contributed by atoms with E-state index in [1.54, 1.807) is 36.5 Å². The first-order valence-corrected chi connectivity index (χ1v) is 5.02. The van der Waals surface area contributed by atoms with Gasteiger partial charge in [0.05, 0.1) is 5.56 Å². The minimum atomic E-state index is -0.0104. The first-order chi connectivity index (χ1) is 7.11. The maximum atomic E-state index is 11.8. The molecule has 15 heavy (non-hydrogen) atoms. The standard InChI is InChI=1S/C11H17N3O/c1-9(12)5-7-14(2)11(15)10-4-3-6-13-8-10/h3-4,6,8-9H,5,7,12H2,1-2H3. The summed E-state index contributed by atoms with van der Waals surface area (Å²) in [5.74, 6) is -0.0104. The van der Waals surface area contributed by atoms with Crippen LogP contribution in [0.1, 0.15) is 23.7 Å². The Morgan fingerprint density at radius 2 is 2.40 bits per heavy atom. The molecule has 2 N–H and O–H groups in total. The second-order valence-electron chi connectivity index (χ2n) is 3.73. The van der Waals surface area contributed by atoms with E-state index in [1.165, 1.54) is 0 Å². The van der Waals surface area contributed by atoms with Gasteiger partial charge in [-0.1, -0.05) is 0 Å². The van der Waals surface area contributed by atoms with Gasteiger partial charge in [-0.3, -0.25) is 9.78 Å². The number of pyridine rings is 1. The van der Waals surface area contributed by atoms with Gasteiger partial charge in [0, 0.05) is 32.0 Å². The van der Waals surface area contributed by atoms with Crippen molar-refractivity contribution >= 4 is 5.91 Å². The summed E-state index contributed by atoms with van der Waals surface area (Å²) >= 11 is 0. The number of amides is 1. The number of rotatable bonds is 4. The van der Waals surface area contributed by atoms with Crippen molar-refractivity contribution in [1.82, 2.24) is 9.88 Å². The van der Waals surface area contributed by atoms with Crippen LogP contribution in [0.5, 0.6) is 0 Å². The molecule has 0 bridgehead atoms. The second kappa shape index (κ2) is 5.46. The lowest BCUT2D eigenvalue weighted by molar-refractivity contribution is 0.0791. The maximum absolute atomic E-state index is 11.8. The molecule has 0 aromatic carbocycles. The smallest absolute Gasteiger partial charge is 0.255 e. The summed E-state index contributed by atoms with van der Waals surface area (Å²) in [7, 11) is 1.78. The van der Waals surface area contributed by atoms with Crippen molar-refractivity contribution in [2.75, 3.05) is 13.6 Å². The second-order valence-corrected chi connectivity index (χ2v) is 3.73. The quantitative estimate of drug-likeness (QED) is 0.797. The number of aromatic nitrogens is 1. The molecule has 4 nitrogen and oxygen atoms in total. The summed E-state index contributed by atoms with van der Waals surface area (Å²) in [5.41, 5.74) is 6.24. The fourth-order valence-corrected chi connectivity index (χ4v) is 1.21. The molecule has 0 saturated carbocycles. The fraction of sp³-hybridized carbons (Fsp3) is 0.455. The van der Waals surface area contributed by atoms with E-state index < -0.39 is 0 Å². The van der Waals surface area contributed by atoms with Crippen LogP contribution in [0.4, 0.5) is 0 Å². The molecule has 1 atom stereocenters. The van der Waals surface area contributed by atoms with E-state index in [4.69, 9.17) is 5.73 Å². The number of hydrogen-bond acceptors (Lipinski definition) is 3. The van der Waals surface area contributed by atoms with Gasteiger partial charge in [0.1, 0.15) is 0 Å². The SMILES string of the molecule is CC(N)CCN(C)C(=O)c1cccnc1. The Balaban J connectivity index is 2.54. The van der Waals surface area contributed by atoms with Crippen molar-refractivity contribution in [2.45, 2.75) is 19.4 Å². The van der Waals surface area contributed by atoms with E-state index in [0.717, 1.165) is 6.42 Å². The largest absolute Gasteiger partial charge is 0.342 e. The molecule has 1 unspecified atom stereocenters. The summed E-state index contributed by atoms with van der Waals surface area (Å²) in [6.07, 6.45) is 4.03. The Kier molecular flexibility index (Phi) is 4.24. The molecule has 1 amide bonds. The van der Waals surface area contributed by atoms with E-state index >= 15 is 0 Å². The summed E-state index contributed by atoms with van der Waals surface area (Å²) < 4.78 is 0. The molecule has 1 aromatic rings. The number of nitrogens with two attached hydrogens (primary N) is 1. The van der Waals surface area contributed by atoms with Gasteiger partial charge >= 0.3 is 0 Å². The van der Waals surface area contributed by atoms with Gasteiger partial charge in [0.25, 0.3) is 5.91 Å². The minimum absolute atomic E-state index is 0.0104. The van der Waals surface area contributed by atoms with Crippen LogP contribution >= 0.6 is 0 Å². The van der Waals surface area contributed by atoms with Crippen LogP contribution in [0, 0.1) is 0 Å². The molecule has 1 rings (SSSR count). The number of nitrogens with zero attached hydrogens (tertiary/aromatic N) is 2. The van der Waals surface area contributed by atoms with Crippen molar-refractivity contribution in [3.8, 4) is 0 Å². The molecule has 0 aliphatic heterocycles. The Bertz CT molecular complexity index is 311. The lowest BCUT2D eigenvalue weighted by Crippen LogP contribution is -2.31. The molecular weight excluding hydrogens is 190 g/mol. The summed E-state index contributed by atoms with van der Waals surface area (Å²) in [6, 6.07) is 3.64. The highest BCUT2D eigenvalue weighted by Crippen LogP contribution is 2.02. The van der Waals surface area contributed by atoms with Gasteiger partial charge < -0.3 is 10.6 Å². The van der Waals surface area contributed by atoms with Crippen LogP contribution in [0.15, 0.2) is 24.5 Å². The lowest BCUT2D eigenvalue weighted by atomic mass is 10.2. The van der Waals surface area contributed by atoms with Crippen molar-refractivity contribution in [1.29, 1.82) is 0 Å². The van der Waals surface area contributed by atoms with E-state index in [9.17, 15) is 4.79 Å². The molecule has 1 heterocycles. The van der Waals surface area contributed by atoms with Crippen molar-refractivity contribution < 1.29 is 4.79 Å². The van der Waals surface area contributed by atoms with Gasteiger partial charge in [-0.05, 0) is 25.5 Å². The van der Waals surface area contributed by atoms with Gasteiger partial charge in [0.2, 0.25) is 0 Å². The number of hydrogen-bond donors (Lipinski definition) is 1. The van der Waals surface area contributed by atoms with Gasteiger partial charge in [-0.15, -0.1) is 0 Å². The van der Waals surface area contributed by atoms with E-state index in [1.807, 2.05) is 6.92 Å². The third kappa shape index (κ3) is 3.67. The van der Waals surface area contributed by atoms with Crippen LogP contribution in [0.2, 0.25) is 0 Å². The average molecular weight is 207 g/mol. The molecule has 0 aliphatic rings. The molecule has 1 aromatic heterocycles. The zero-order valence-corrected chi connectivity index (χ0v) is 9.18. The molecule has 4 heteroatoms. The lowest BCUT2D eigenvalue weighted by Gasteiger charge is -2.17. The topological polar surface area (TPSA) is 59.2 Å². The van der Waals surface area contributed by atoms with Crippen molar-refractivity contribution in [2.24, 2.45) is 5.73 Å². The third-order valence-electron chi connectivity index (χ3n) is 2.18. The van der Waals surface area contributed by atoms with Crippen LogP contribution in [0.25, 0.3) is 0 Å². The number of carbonyl (C=O) groups is 1. The van der Waals surface area contributed by atoms with Gasteiger partial charge in [-0.2, -0.15) is 0 Å². The molecule has 0 aliphatic carbocycles. The van der Waals surface area contributed by atoms with Crippen molar-refractivity contribution in [3.05, 3.63) is 30.1 Å². The Labute approximate surface area is 90.1 Å². The predicted molar refractivity (Wildman–Crippen MR) is 59.5 cm³/mol. The highest BCUT2D eigenvalue weighted by Gasteiger charge is 2.11. The van der Waals surface area contributed by atoms with Gasteiger partial charge in [-0.25, -0.2) is 0 Å². The Morgan fingerprint density at radius 3 is 2.93 bits per heavy atom. The summed E-state index contributed by atoms with van der Waals surface area (Å²) in [4.78, 5) is 17.4. The van der Waals surface area contributed by atoms with Crippen LogP contribution < -0.4 is 5.73 Å². The first-order valence-electron chi connectivity index (χ1n) is 5.02. The molecule has 0 radical (unpaired) electrons. The fourth-order valence-electron chi connectivity index (χ4n) is 1.21. The zero-order chi connectivity index (χ0) is 11.3. The Morgan fingerprint density at radius 1 is 1.67 bits per heavy atom. The molecule has 0 spiro atoms. The van der Waals surface area contributed by atoms with Crippen molar-refractivity contribution in [3.63, 3.8) is 0 Å².